The lowest BCUT2D eigenvalue weighted by Gasteiger charge is -2.39. The van der Waals surface area contributed by atoms with Gasteiger partial charge in [-0.05, 0) is 44.4 Å². The predicted molar refractivity (Wildman–Crippen MR) is 105 cm³/mol. The summed E-state index contributed by atoms with van der Waals surface area (Å²) < 4.78 is 45.5. The molecule has 1 aliphatic heterocycles. The Hall–Kier alpha value is -1.24. The lowest BCUT2D eigenvalue weighted by atomic mass is 9.74. The fraction of sp³-hybridized carbons (Fsp3) is 0.913. The average Bonchev–Trinajstić information content (AvgIpc) is 3.28. The van der Waals surface area contributed by atoms with E-state index in [1.807, 2.05) is 6.92 Å². The number of esters is 2. The van der Waals surface area contributed by atoms with Crippen LogP contribution in [0, 0.1) is 35.0 Å². The first-order valence-electron chi connectivity index (χ1n) is 11.4. The van der Waals surface area contributed by atoms with Crippen LogP contribution in [0.4, 0.5) is 8.78 Å². The van der Waals surface area contributed by atoms with Gasteiger partial charge in [-0.25, -0.2) is 0 Å². The van der Waals surface area contributed by atoms with Crippen LogP contribution in [0.5, 0.6) is 0 Å². The van der Waals surface area contributed by atoms with Gasteiger partial charge in [-0.2, -0.15) is 8.78 Å². The maximum absolute atomic E-state index is 14.4. The third-order valence-corrected chi connectivity index (χ3v) is 8.10. The Labute approximate surface area is 177 Å². The molecule has 7 heteroatoms. The van der Waals surface area contributed by atoms with Crippen molar-refractivity contribution in [3.05, 3.63) is 0 Å². The van der Waals surface area contributed by atoms with Gasteiger partial charge in [-0.3, -0.25) is 9.59 Å². The molecule has 0 aromatic rings. The molecule has 5 nitrogen and oxygen atoms in total. The van der Waals surface area contributed by atoms with Crippen LogP contribution in [-0.2, 0) is 23.8 Å². The molecule has 0 N–H and O–H groups in total. The van der Waals surface area contributed by atoms with Gasteiger partial charge >= 0.3 is 18.0 Å². The average molecular weight is 429 g/mol. The number of alkyl halides is 2. The van der Waals surface area contributed by atoms with Gasteiger partial charge in [-0.15, -0.1) is 0 Å². The standard InChI is InChI=1S/C23H34F2O5/c1-5-22(9-7-6-8-10-22)30-20(27)16-13-11-14-17(16)19(26)29-18(14)15(13)12-28-23(24,25)21(2,3)4/h13-18H,5-12H2,1-4H3. The molecule has 1 heterocycles. The van der Waals surface area contributed by atoms with E-state index in [4.69, 9.17) is 14.2 Å². The molecule has 4 rings (SSSR count). The van der Waals surface area contributed by atoms with Gasteiger partial charge in [0.05, 0.1) is 23.9 Å². The van der Waals surface area contributed by atoms with E-state index in [0.29, 0.717) is 6.42 Å². The minimum atomic E-state index is -3.30. The Balaban J connectivity index is 1.50. The van der Waals surface area contributed by atoms with E-state index in [9.17, 15) is 18.4 Å². The van der Waals surface area contributed by atoms with Gasteiger partial charge in [-0.1, -0.05) is 34.1 Å². The maximum Gasteiger partial charge on any atom is 0.360 e. The normalized spacial score (nSPS) is 37.3. The molecule has 3 aliphatic carbocycles. The molecule has 30 heavy (non-hydrogen) atoms. The lowest BCUT2D eigenvalue weighted by molar-refractivity contribution is -0.302. The van der Waals surface area contributed by atoms with Gasteiger partial charge in [0.1, 0.15) is 11.7 Å². The number of rotatable bonds is 6. The van der Waals surface area contributed by atoms with Gasteiger partial charge in [0.2, 0.25) is 0 Å². The number of ether oxygens (including phenoxy) is 3. The van der Waals surface area contributed by atoms with Crippen molar-refractivity contribution < 1.29 is 32.6 Å². The fourth-order valence-electron chi connectivity index (χ4n) is 6.15. The Bertz CT molecular complexity index is 694. The second-order valence-electron chi connectivity index (χ2n) is 10.8. The molecular formula is C23H34F2O5. The molecule has 4 aliphatic rings. The van der Waals surface area contributed by atoms with Crippen molar-refractivity contribution in [2.75, 3.05) is 6.61 Å². The summed E-state index contributed by atoms with van der Waals surface area (Å²) in [5, 5.41) is 0. The number of hydrogen-bond acceptors (Lipinski definition) is 5. The quantitative estimate of drug-likeness (QED) is 0.573. The van der Waals surface area contributed by atoms with E-state index in [2.05, 4.69) is 0 Å². The van der Waals surface area contributed by atoms with Crippen LogP contribution in [0.3, 0.4) is 0 Å². The molecule has 0 aromatic heterocycles. The lowest BCUT2D eigenvalue weighted by Crippen LogP contribution is -2.46. The summed E-state index contributed by atoms with van der Waals surface area (Å²) >= 11 is 0. The van der Waals surface area contributed by atoms with Crippen LogP contribution < -0.4 is 0 Å². The van der Waals surface area contributed by atoms with Crippen molar-refractivity contribution in [2.24, 2.45) is 35.0 Å². The summed E-state index contributed by atoms with van der Waals surface area (Å²) in [6, 6.07) is 0. The summed E-state index contributed by atoms with van der Waals surface area (Å²) in [5.74, 6) is -2.53. The molecule has 0 radical (unpaired) electrons. The maximum atomic E-state index is 14.4. The van der Waals surface area contributed by atoms with E-state index < -0.39 is 41.0 Å². The molecule has 2 bridgehead atoms. The highest BCUT2D eigenvalue weighted by atomic mass is 19.3. The molecule has 6 unspecified atom stereocenters. The van der Waals surface area contributed by atoms with Crippen molar-refractivity contribution in [1.29, 1.82) is 0 Å². The Morgan fingerprint density at radius 2 is 1.83 bits per heavy atom. The Kier molecular flexibility index (Phi) is 5.43. The van der Waals surface area contributed by atoms with E-state index in [1.54, 1.807) is 0 Å². The van der Waals surface area contributed by atoms with Crippen molar-refractivity contribution >= 4 is 11.9 Å². The summed E-state index contributed by atoms with van der Waals surface area (Å²) in [6.07, 6.45) is 2.55. The Morgan fingerprint density at radius 1 is 1.17 bits per heavy atom. The van der Waals surface area contributed by atoms with Crippen LogP contribution in [0.25, 0.3) is 0 Å². The van der Waals surface area contributed by atoms with Crippen LogP contribution in [-0.4, -0.2) is 36.4 Å². The summed E-state index contributed by atoms with van der Waals surface area (Å²) in [7, 11) is 0. The summed E-state index contributed by atoms with van der Waals surface area (Å²) in [5.41, 5.74) is -1.79. The zero-order chi connectivity index (χ0) is 21.9. The van der Waals surface area contributed by atoms with Crippen LogP contribution in [0.15, 0.2) is 0 Å². The highest BCUT2D eigenvalue weighted by Crippen LogP contribution is 2.61. The second kappa shape index (κ2) is 7.42. The van der Waals surface area contributed by atoms with E-state index in [0.717, 1.165) is 38.5 Å². The van der Waals surface area contributed by atoms with E-state index >= 15 is 0 Å². The van der Waals surface area contributed by atoms with Crippen LogP contribution in [0.2, 0.25) is 0 Å². The number of carbonyl (C=O) groups excluding carboxylic acids is 2. The minimum Gasteiger partial charge on any atom is -0.461 e. The highest BCUT2D eigenvalue weighted by Gasteiger charge is 2.69. The molecule has 4 fully saturated rings. The van der Waals surface area contributed by atoms with Crippen molar-refractivity contribution in [2.45, 2.75) is 90.5 Å². The minimum absolute atomic E-state index is 0.0964. The zero-order valence-electron chi connectivity index (χ0n) is 18.4. The van der Waals surface area contributed by atoms with Crippen LogP contribution >= 0.6 is 0 Å². The topological polar surface area (TPSA) is 61.8 Å². The third-order valence-electron chi connectivity index (χ3n) is 8.10. The van der Waals surface area contributed by atoms with E-state index in [1.165, 1.54) is 20.8 Å². The number of fused-ring (bicyclic) bond motifs is 1. The molecule has 0 spiro atoms. The first-order valence-corrected chi connectivity index (χ1v) is 11.4. The predicted octanol–water partition coefficient (Wildman–Crippen LogP) is 4.72. The molecule has 6 atom stereocenters. The van der Waals surface area contributed by atoms with Gasteiger partial charge < -0.3 is 14.2 Å². The van der Waals surface area contributed by atoms with Gasteiger partial charge in [0.25, 0.3) is 0 Å². The number of halogens is 2. The fourth-order valence-corrected chi connectivity index (χ4v) is 6.15. The molecule has 1 saturated heterocycles. The summed E-state index contributed by atoms with van der Waals surface area (Å²) in [4.78, 5) is 25.8. The third kappa shape index (κ3) is 3.45. The molecule has 0 amide bonds. The highest BCUT2D eigenvalue weighted by molar-refractivity contribution is 5.86. The first kappa shape index (κ1) is 22.0. The van der Waals surface area contributed by atoms with Crippen molar-refractivity contribution in [3.8, 4) is 0 Å². The van der Waals surface area contributed by atoms with Gasteiger partial charge in [0, 0.05) is 11.8 Å². The molecule has 0 aromatic carbocycles. The molecule has 3 saturated carbocycles. The Morgan fingerprint density at radius 3 is 2.43 bits per heavy atom. The van der Waals surface area contributed by atoms with E-state index in [-0.39, 0.29) is 30.4 Å². The largest absolute Gasteiger partial charge is 0.461 e. The summed E-state index contributed by atoms with van der Waals surface area (Å²) in [6.45, 7) is 6.08. The van der Waals surface area contributed by atoms with Crippen molar-refractivity contribution in [1.82, 2.24) is 0 Å². The number of carbonyl (C=O) groups is 2. The zero-order valence-corrected chi connectivity index (χ0v) is 18.4. The van der Waals surface area contributed by atoms with Crippen molar-refractivity contribution in [3.63, 3.8) is 0 Å². The monoisotopic (exact) mass is 428 g/mol. The number of hydrogen-bond donors (Lipinski definition) is 0. The molecule has 170 valence electrons. The molecular weight excluding hydrogens is 394 g/mol. The SMILES string of the molecule is CCC1(OC(=O)C2C3CC4C(OC(=O)C42)C3COC(F)(F)C(C)(C)C)CCCCC1. The smallest absolute Gasteiger partial charge is 0.360 e. The van der Waals surface area contributed by atoms with Crippen LogP contribution in [0.1, 0.15) is 72.6 Å². The van der Waals surface area contributed by atoms with Gasteiger partial charge in [0.15, 0.2) is 0 Å². The first-order chi connectivity index (χ1) is 14.0. The second-order valence-corrected chi connectivity index (χ2v) is 10.8.